The lowest BCUT2D eigenvalue weighted by Crippen LogP contribution is -2.31. The first-order valence-electron chi connectivity index (χ1n) is 3.95. The highest BCUT2D eigenvalue weighted by atomic mass is 32.1. The Morgan fingerprint density at radius 1 is 1.29 bits per heavy atom. The van der Waals surface area contributed by atoms with Crippen LogP contribution in [0.15, 0.2) is 24.3 Å². The molecule has 0 aliphatic carbocycles. The molecule has 5 heteroatoms. The van der Waals surface area contributed by atoms with Gasteiger partial charge in [-0.2, -0.15) is 0 Å². The SMILES string of the molecule is CN(C(N)=O)c1ccc(C(N)=S)cc1. The van der Waals surface area contributed by atoms with Crippen molar-refractivity contribution in [1.29, 1.82) is 0 Å². The number of amides is 2. The summed E-state index contributed by atoms with van der Waals surface area (Å²) < 4.78 is 0. The molecule has 0 aliphatic rings. The van der Waals surface area contributed by atoms with Crippen LogP contribution in [0.4, 0.5) is 10.5 Å². The van der Waals surface area contributed by atoms with Crippen LogP contribution in [-0.2, 0) is 0 Å². The summed E-state index contributed by atoms with van der Waals surface area (Å²) in [6, 6.07) is 6.46. The number of nitrogens with zero attached hydrogens (tertiary/aromatic N) is 1. The fraction of sp³-hybridized carbons (Fsp3) is 0.111. The van der Waals surface area contributed by atoms with Crippen molar-refractivity contribution in [2.45, 2.75) is 0 Å². The third kappa shape index (κ3) is 2.20. The van der Waals surface area contributed by atoms with Gasteiger partial charge >= 0.3 is 6.03 Å². The second kappa shape index (κ2) is 4.06. The van der Waals surface area contributed by atoms with Gasteiger partial charge in [0.15, 0.2) is 0 Å². The second-order valence-corrected chi connectivity index (χ2v) is 3.25. The maximum Gasteiger partial charge on any atom is 0.318 e. The van der Waals surface area contributed by atoms with Crippen LogP contribution in [0.3, 0.4) is 0 Å². The van der Waals surface area contributed by atoms with Crippen molar-refractivity contribution in [2.24, 2.45) is 11.5 Å². The van der Waals surface area contributed by atoms with Gasteiger partial charge in [0.05, 0.1) is 0 Å². The van der Waals surface area contributed by atoms with E-state index in [-0.39, 0.29) is 0 Å². The molecular weight excluding hydrogens is 198 g/mol. The average Bonchev–Trinajstić information content (AvgIpc) is 2.16. The predicted molar refractivity (Wildman–Crippen MR) is 60.3 cm³/mol. The maximum absolute atomic E-state index is 10.8. The molecule has 0 radical (unpaired) electrons. The number of hydrogen-bond donors (Lipinski definition) is 2. The highest BCUT2D eigenvalue weighted by Gasteiger charge is 2.05. The average molecular weight is 209 g/mol. The summed E-state index contributed by atoms with van der Waals surface area (Å²) in [6.07, 6.45) is 0. The molecule has 0 bridgehead atoms. The fourth-order valence-corrected chi connectivity index (χ4v) is 1.11. The monoisotopic (exact) mass is 209 g/mol. The maximum atomic E-state index is 10.8. The Labute approximate surface area is 87.5 Å². The van der Waals surface area contributed by atoms with Crippen molar-refractivity contribution in [2.75, 3.05) is 11.9 Å². The number of hydrogen-bond acceptors (Lipinski definition) is 2. The number of anilines is 1. The summed E-state index contributed by atoms with van der Waals surface area (Å²) in [6.45, 7) is 0. The van der Waals surface area contributed by atoms with E-state index in [4.69, 9.17) is 23.7 Å². The lowest BCUT2D eigenvalue weighted by molar-refractivity contribution is 0.255. The van der Waals surface area contributed by atoms with E-state index in [2.05, 4.69) is 0 Å². The molecule has 0 spiro atoms. The van der Waals surface area contributed by atoms with Crippen LogP contribution in [0.5, 0.6) is 0 Å². The van der Waals surface area contributed by atoms with Crippen molar-refractivity contribution in [3.63, 3.8) is 0 Å². The minimum Gasteiger partial charge on any atom is -0.389 e. The van der Waals surface area contributed by atoms with E-state index in [0.29, 0.717) is 10.7 Å². The van der Waals surface area contributed by atoms with E-state index in [9.17, 15) is 4.79 Å². The lowest BCUT2D eigenvalue weighted by Gasteiger charge is -2.14. The summed E-state index contributed by atoms with van der Waals surface area (Å²) in [5.74, 6) is 0. The van der Waals surface area contributed by atoms with E-state index in [0.717, 1.165) is 5.56 Å². The molecule has 2 amide bonds. The second-order valence-electron chi connectivity index (χ2n) is 2.81. The Morgan fingerprint density at radius 3 is 2.14 bits per heavy atom. The lowest BCUT2D eigenvalue weighted by atomic mass is 10.2. The van der Waals surface area contributed by atoms with Gasteiger partial charge in [-0.05, 0) is 24.3 Å². The van der Waals surface area contributed by atoms with Crippen LogP contribution in [-0.4, -0.2) is 18.1 Å². The van der Waals surface area contributed by atoms with E-state index < -0.39 is 6.03 Å². The number of nitrogens with two attached hydrogens (primary N) is 2. The van der Waals surface area contributed by atoms with E-state index >= 15 is 0 Å². The molecule has 0 heterocycles. The summed E-state index contributed by atoms with van der Waals surface area (Å²) in [5.41, 5.74) is 12.0. The van der Waals surface area contributed by atoms with Crippen LogP contribution >= 0.6 is 12.2 Å². The Morgan fingerprint density at radius 2 is 1.79 bits per heavy atom. The number of carbonyl (C=O) groups excluding carboxylic acids is 1. The molecule has 74 valence electrons. The summed E-state index contributed by atoms with van der Waals surface area (Å²) in [5, 5.41) is 0. The zero-order valence-electron chi connectivity index (χ0n) is 7.73. The van der Waals surface area contributed by atoms with E-state index in [1.807, 2.05) is 0 Å². The summed E-state index contributed by atoms with van der Waals surface area (Å²) >= 11 is 4.80. The topological polar surface area (TPSA) is 72.3 Å². The van der Waals surface area contributed by atoms with Gasteiger partial charge in [-0.15, -0.1) is 0 Å². The molecule has 0 unspecified atom stereocenters. The first kappa shape index (κ1) is 10.5. The molecule has 1 aromatic rings. The first-order valence-corrected chi connectivity index (χ1v) is 4.36. The molecule has 0 saturated carbocycles. The largest absolute Gasteiger partial charge is 0.389 e. The van der Waals surface area contributed by atoms with Crippen LogP contribution in [0.2, 0.25) is 0 Å². The van der Waals surface area contributed by atoms with Crippen molar-refractivity contribution < 1.29 is 4.79 Å². The van der Waals surface area contributed by atoms with Crippen LogP contribution in [0.25, 0.3) is 0 Å². The molecule has 14 heavy (non-hydrogen) atoms. The van der Waals surface area contributed by atoms with E-state index in [1.54, 1.807) is 31.3 Å². The van der Waals surface area contributed by atoms with Crippen molar-refractivity contribution >= 4 is 28.9 Å². The molecule has 0 aliphatic heterocycles. The molecule has 0 aromatic heterocycles. The van der Waals surface area contributed by atoms with Gasteiger partial charge in [-0.1, -0.05) is 12.2 Å². The highest BCUT2D eigenvalue weighted by Crippen LogP contribution is 2.13. The van der Waals surface area contributed by atoms with Crippen LogP contribution in [0.1, 0.15) is 5.56 Å². The molecule has 0 saturated heterocycles. The van der Waals surface area contributed by atoms with Gasteiger partial charge in [0.25, 0.3) is 0 Å². The Hall–Kier alpha value is -1.62. The molecule has 0 atom stereocenters. The van der Waals surface area contributed by atoms with E-state index in [1.165, 1.54) is 4.90 Å². The quantitative estimate of drug-likeness (QED) is 0.709. The number of benzene rings is 1. The molecular formula is C9H11N3OS. The van der Waals surface area contributed by atoms with Crippen molar-refractivity contribution in [3.8, 4) is 0 Å². The number of carbonyl (C=O) groups is 1. The molecule has 0 fully saturated rings. The number of primary amides is 1. The predicted octanol–water partition coefficient (Wildman–Crippen LogP) is 0.836. The zero-order chi connectivity index (χ0) is 10.7. The van der Waals surface area contributed by atoms with Gasteiger partial charge in [0.2, 0.25) is 0 Å². The Kier molecular flexibility index (Phi) is 3.03. The van der Waals surface area contributed by atoms with Gasteiger partial charge < -0.3 is 11.5 Å². The fourth-order valence-electron chi connectivity index (χ4n) is 0.977. The molecule has 4 nitrogen and oxygen atoms in total. The third-order valence-corrected chi connectivity index (χ3v) is 2.11. The van der Waals surface area contributed by atoms with Gasteiger partial charge in [-0.3, -0.25) is 4.90 Å². The minimum absolute atomic E-state index is 0.332. The normalized spacial score (nSPS) is 9.50. The van der Waals surface area contributed by atoms with Crippen LogP contribution < -0.4 is 16.4 Å². The molecule has 1 aromatic carbocycles. The minimum atomic E-state index is -0.506. The summed E-state index contributed by atoms with van der Waals surface area (Å²) in [4.78, 5) is 12.5. The van der Waals surface area contributed by atoms with Gasteiger partial charge in [-0.25, -0.2) is 4.79 Å². The van der Waals surface area contributed by atoms with Crippen molar-refractivity contribution in [3.05, 3.63) is 29.8 Å². The molecule has 4 N–H and O–H groups in total. The number of rotatable bonds is 2. The van der Waals surface area contributed by atoms with Gasteiger partial charge in [0.1, 0.15) is 4.99 Å². The smallest absolute Gasteiger partial charge is 0.318 e. The Bertz CT molecular complexity index is 361. The van der Waals surface area contributed by atoms with Crippen LogP contribution in [0, 0.1) is 0 Å². The zero-order valence-corrected chi connectivity index (χ0v) is 8.54. The molecule has 1 rings (SSSR count). The third-order valence-electron chi connectivity index (χ3n) is 1.87. The number of urea groups is 1. The van der Waals surface area contributed by atoms with Crippen molar-refractivity contribution in [1.82, 2.24) is 0 Å². The highest BCUT2D eigenvalue weighted by molar-refractivity contribution is 7.80. The summed E-state index contributed by atoms with van der Waals surface area (Å²) in [7, 11) is 1.60. The standard InChI is InChI=1S/C9H11N3OS/c1-12(9(11)13)7-4-2-6(3-5-7)8(10)14/h2-5H,1H3,(H2,10,14)(H2,11,13). The Balaban J connectivity index is 2.94. The first-order chi connectivity index (χ1) is 6.52. The number of thiocarbonyl (C=S) groups is 1. The van der Waals surface area contributed by atoms with Gasteiger partial charge in [0, 0.05) is 18.3 Å².